The topological polar surface area (TPSA) is 50.9 Å². The van der Waals surface area contributed by atoms with Crippen LogP contribution in [0, 0.1) is 0 Å². The molecule has 2 aromatic heterocycles. The Labute approximate surface area is 120 Å². The van der Waals surface area contributed by atoms with Crippen LogP contribution in [0.3, 0.4) is 0 Å². The molecular formula is C16H23N3O. The molecule has 4 heteroatoms. The third-order valence-corrected chi connectivity index (χ3v) is 3.48. The molecule has 0 bridgehead atoms. The summed E-state index contributed by atoms with van der Waals surface area (Å²) in [4.78, 5) is 4.28. The van der Waals surface area contributed by atoms with Crippen LogP contribution in [0.1, 0.15) is 37.4 Å². The summed E-state index contributed by atoms with van der Waals surface area (Å²) in [7, 11) is 0. The molecule has 0 aliphatic rings. The highest BCUT2D eigenvalue weighted by Crippen LogP contribution is 2.11. The van der Waals surface area contributed by atoms with Crippen LogP contribution < -0.4 is 0 Å². The molecule has 0 aromatic carbocycles. The molecule has 0 amide bonds. The zero-order valence-corrected chi connectivity index (χ0v) is 12.3. The summed E-state index contributed by atoms with van der Waals surface area (Å²) >= 11 is 0. The predicted octanol–water partition coefficient (Wildman–Crippen LogP) is 2.40. The average Bonchev–Trinajstić information content (AvgIpc) is 2.88. The van der Waals surface area contributed by atoms with Gasteiger partial charge in [-0.1, -0.05) is 13.0 Å². The maximum atomic E-state index is 10.2. The molecule has 2 heterocycles. The lowest BCUT2D eigenvalue weighted by molar-refractivity contribution is 0.162. The van der Waals surface area contributed by atoms with Crippen molar-refractivity contribution >= 4 is 0 Å². The standard InChI is InChI=1S/C16H23N3O/c1-3-13-11-15(19(4-2)18-13)12-16(20)9-8-14-7-5-6-10-17-14/h5-7,10-11,16,20H,3-4,8-9,12H2,1-2H3. The third-order valence-electron chi connectivity index (χ3n) is 3.48. The van der Waals surface area contributed by atoms with Crippen molar-refractivity contribution in [2.45, 2.75) is 52.2 Å². The van der Waals surface area contributed by atoms with Crippen molar-refractivity contribution in [2.75, 3.05) is 0 Å². The van der Waals surface area contributed by atoms with E-state index in [1.807, 2.05) is 22.9 Å². The Hall–Kier alpha value is -1.68. The molecule has 2 rings (SSSR count). The summed E-state index contributed by atoms with van der Waals surface area (Å²) < 4.78 is 1.99. The van der Waals surface area contributed by atoms with Gasteiger partial charge >= 0.3 is 0 Å². The molecule has 0 aliphatic heterocycles. The number of hydrogen-bond acceptors (Lipinski definition) is 3. The van der Waals surface area contributed by atoms with E-state index in [4.69, 9.17) is 0 Å². The normalized spacial score (nSPS) is 12.6. The second-order valence-electron chi connectivity index (χ2n) is 5.01. The van der Waals surface area contributed by atoms with Crippen molar-refractivity contribution < 1.29 is 5.11 Å². The molecule has 1 unspecified atom stereocenters. The minimum Gasteiger partial charge on any atom is -0.393 e. The van der Waals surface area contributed by atoms with Gasteiger partial charge in [-0.25, -0.2) is 0 Å². The number of aliphatic hydroxyl groups excluding tert-OH is 1. The predicted molar refractivity (Wildman–Crippen MR) is 79.5 cm³/mol. The van der Waals surface area contributed by atoms with Gasteiger partial charge in [0.05, 0.1) is 11.8 Å². The quantitative estimate of drug-likeness (QED) is 0.842. The molecule has 1 N–H and O–H groups in total. The van der Waals surface area contributed by atoms with Crippen LogP contribution in [0.5, 0.6) is 0 Å². The van der Waals surface area contributed by atoms with Gasteiger partial charge in [-0.3, -0.25) is 9.67 Å². The first-order valence-electron chi connectivity index (χ1n) is 7.36. The fourth-order valence-corrected chi connectivity index (χ4v) is 2.33. The average molecular weight is 273 g/mol. The Bertz CT molecular complexity index is 522. The molecule has 0 spiro atoms. The minimum absolute atomic E-state index is 0.344. The van der Waals surface area contributed by atoms with Gasteiger partial charge < -0.3 is 5.11 Å². The van der Waals surface area contributed by atoms with Gasteiger partial charge in [0.2, 0.25) is 0 Å². The number of aromatic nitrogens is 3. The highest BCUT2D eigenvalue weighted by Gasteiger charge is 2.12. The van der Waals surface area contributed by atoms with Gasteiger partial charge in [0.25, 0.3) is 0 Å². The van der Waals surface area contributed by atoms with Crippen molar-refractivity contribution in [1.82, 2.24) is 14.8 Å². The van der Waals surface area contributed by atoms with Crippen LogP contribution >= 0.6 is 0 Å². The lowest BCUT2D eigenvalue weighted by Gasteiger charge is -2.11. The summed E-state index contributed by atoms with van der Waals surface area (Å²) in [5, 5.41) is 14.7. The van der Waals surface area contributed by atoms with Gasteiger partial charge in [0.1, 0.15) is 0 Å². The van der Waals surface area contributed by atoms with Gasteiger partial charge in [0, 0.05) is 30.6 Å². The van der Waals surface area contributed by atoms with Crippen LogP contribution in [0.4, 0.5) is 0 Å². The molecule has 0 fully saturated rings. The van der Waals surface area contributed by atoms with Gasteiger partial charge in [-0.15, -0.1) is 0 Å². The number of aryl methyl sites for hydroxylation is 3. The Morgan fingerprint density at radius 2 is 2.10 bits per heavy atom. The van der Waals surface area contributed by atoms with E-state index in [0.29, 0.717) is 6.42 Å². The Balaban J connectivity index is 1.91. The second kappa shape index (κ2) is 7.20. The molecular weight excluding hydrogens is 250 g/mol. The van der Waals surface area contributed by atoms with E-state index in [1.165, 1.54) is 0 Å². The third kappa shape index (κ3) is 3.90. The fourth-order valence-electron chi connectivity index (χ4n) is 2.33. The molecule has 2 aromatic rings. The largest absolute Gasteiger partial charge is 0.393 e. The molecule has 1 atom stereocenters. The van der Waals surface area contributed by atoms with Gasteiger partial charge in [-0.2, -0.15) is 5.10 Å². The zero-order valence-electron chi connectivity index (χ0n) is 12.3. The van der Waals surface area contributed by atoms with Crippen LogP contribution in [0.25, 0.3) is 0 Å². The maximum Gasteiger partial charge on any atom is 0.0624 e. The van der Waals surface area contributed by atoms with Crippen LogP contribution in [0.2, 0.25) is 0 Å². The first-order chi connectivity index (χ1) is 9.72. The summed E-state index contributed by atoms with van der Waals surface area (Å²) in [6, 6.07) is 7.99. The monoisotopic (exact) mass is 273 g/mol. The number of rotatable bonds is 7. The van der Waals surface area contributed by atoms with E-state index in [2.05, 4.69) is 30.0 Å². The highest BCUT2D eigenvalue weighted by molar-refractivity contribution is 5.12. The minimum atomic E-state index is -0.344. The van der Waals surface area contributed by atoms with Crippen molar-refractivity contribution in [3.8, 4) is 0 Å². The van der Waals surface area contributed by atoms with Crippen LogP contribution in [-0.4, -0.2) is 26.0 Å². The first kappa shape index (κ1) is 14.7. The van der Waals surface area contributed by atoms with Crippen molar-refractivity contribution in [1.29, 1.82) is 0 Å². The highest BCUT2D eigenvalue weighted by atomic mass is 16.3. The van der Waals surface area contributed by atoms with Crippen LogP contribution in [-0.2, 0) is 25.8 Å². The van der Waals surface area contributed by atoms with Crippen molar-refractivity contribution in [2.24, 2.45) is 0 Å². The van der Waals surface area contributed by atoms with Crippen molar-refractivity contribution in [3.05, 3.63) is 47.5 Å². The molecule has 4 nitrogen and oxygen atoms in total. The number of aliphatic hydroxyl groups is 1. The number of nitrogens with zero attached hydrogens (tertiary/aromatic N) is 3. The smallest absolute Gasteiger partial charge is 0.0624 e. The van der Waals surface area contributed by atoms with Crippen molar-refractivity contribution in [3.63, 3.8) is 0 Å². The molecule has 0 radical (unpaired) electrons. The SMILES string of the molecule is CCc1cc(CC(O)CCc2ccccn2)n(CC)n1. The van der Waals surface area contributed by atoms with Gasteiger partial charge in [-0.05, 0) is 44.4 Å². The first-order valence-corrected chi connectivity index (χ1v) is 7.36. The van der Waals surface area contributed by atoms with E-state index < -0.39 is 0 Å². The van der Waals surface area contributed by atoms with E-state index in [-0.39, 0.29) is 6.10 Å². The Morgan fingerprint density at radius 1 is 1.25 bits per heavy atom. The maximum absolute atomic E-state index is 10.2. The Morgan fingerprint density at radius 3 is 2.75 bits per heavy atom. The summed E-state index contributed by atoms with van der Waals surface area (Å²) in [5.41, 5.74) is 3.25. The fraction of sp³-hybridized carbons (Fsp3) is 0.500. The Kier molecular flexibility index (Phi) is 5.30. The summed E-state index contributed by atoms with van der Waals surface area (Å²) in [5.74, 6) is 0. The lowest BCUT2D eigenvalue weighted by Crippen LogP contribution is -2.15. The zero-order chi connectivity index (χ0) is 14.4. The van der Waals surface area contributed by atoms with Gasteiger partial charge in [0.15, 0.2) is 0 Å². The molecule has 0 aliphatic carbocycles. The summed E-state index contributed by atoms with van der Waals surface area (Å²) in [6.07, 6.45) is 4.58. The van der Waals surface area contributed by atoms with E-state index in [9.17, 15) is 5.11 Å². The van der Waals surface area contributed by atoms with E-state index in [0.717, 1.165) is 42.9 Å². The van der Waals surface area contributed by atoms with E-state index in [1.54, 1.807) is 6.20 Å². The van der Waals surface area contributed by atoms with E-state index >= 15 is 0 Å². The van der Waals surface area contributed by atoms with Crippen LogP contribution in [0.15, 0.2) is 30.5 Å². The second-order valence-corrected chi connectivity index (χ2v) is 5.01. The molecule has 108 valence electrons. The number of pyridine rings is 1. The lowest BCUT2D eigenvalue weighted by atomic mass is 10.1. The molecule has 0 saturated heterocycles. The summed E-state index contributed by atoms with van der Waals surface area (Å²) in [6.45, 7) is 5.03. The molecule has 20 heavy (non-hydrogen) atoms. The molecule has 0 saturated carbocycles. The number of hydrogen-bond donors (Lipinski definition) is 1.